The van der Waals surface area contributed by atoms with Crippen LogP contribution in [0.4, 0.5) is 11.8 Å². The second-order valence-corrected chi connectivity index (χ2v) is 10.9. The Bertz CT molecular complexity index is 1400. The van der Waals surface area contributed by atoms with Gasteiger partial charge in [0.25, 0.3) is 0 Å². The zero-order chi connectivity index (χ0) is 28.9. The predicted octanol–water partition coefficient (Wildman–Crippen LogP) is 5.43. The molecule has 2 aliphatic rings. The van der Waals surface area contributed by atoms with Gasteiger partial charge < -0.3 is 29.6 Å². The van der Waals surface area contributed by atoms with E-state index in [1.807, 2.05) is 6.07 Å². The summed E-state index contributed by atoms with van der Waals surface area (Å²) < 4.78 is 22.2. The number of ketones is 1. The van der Waals surface area contributed by atoms with Gasteiger partial charge in [0.2, 0.25) is 5.95 Å². The highest BCUT2D eigenvalue weighted by molar-refractivity contribution is 6.41. The van der Waals surface area contributed by atoms with E-state index in [0.29, 0.717) is 88.8 Å². The number of aromatic nitrogens is 3. The summed E-state index contributed by atoms with van der Waals surface area (Å²) in [5.41, 5.74) is 1.63. The van der Waals surface area contributed by atoms with Crippen LogP contribution in [-0.2, 0) is 14.3 Å². The Labute approximate surface area is 248 Å². The van der Waals surface area contributed by atoms with Crippen molar-refractivity contribution in [1.29, 1.82) is 0 Å². The highest BCUT2D eigenvalue weighted by atomic mass is 35.5. The number of fused-ring (bicyclic) bond motifs is 1. The third-order valence-electron chi connectivity index (χ3n) is 7.48. The molecular weight excluding hydrogens is 569 g/mol. The second kappa shape index (κ2) is 13.2. The zero-order valence-electron chi connectivity index (χ0n) is 23.0. The smallest absolute Gasteiger partial charge is 0.223 e. The lowest BCUT2D eigenvalue weighted by Gasteiger charge is -2.31. The molecule has 1 unspecified atom stereocenters. The van der Waals surface area contributed by atoms with Crippen LogP contribution in [0.1, 0.15) is 19.3 Å². The molecule has 0 aliphatic carbocycles. The van der Waals surface area contributed by atoms with E-state index in [-0.39, 0.29) is 17.7 Å². The molecule has 2 N–H and O–H groups in total. The standard InChI is InChI=1S/C29H33Cl2N5O5/c1-4-19(37)9-17-6-8-41-15-21(17)35-29-33-13-18-10-20(24-25(30)22(38-2)11-23(39-3)26(24)31)34-28(27(18)36-29)32-12-16-5-7-40-14-16/h4,10-11,13,16-17,21H,1,5-9,12,14-15H2,2-3H3,(H,32,34)(H,33,35,36)/t16?,17-,21-/m1/s1. The fourth-order valence-corrected chi connectivity index (χ4v) is 5.84. The number of ether oxygens (including phenoxy) is 4. The molecule has 10 nitrogen and oxygen atoms in total. The topological polar surface area (TPSA) is 117 Å². The number of carbonyl (C=O) groups is 1. The highest BCUT2D eigenvalue weighted by Crippen LogP contribution is 2.46. The average Bonchev–Trinajstić information content (AvgIpc) is 3.51. The Hall–Kier alpha value is -3.18. The van der Waals surface area contributed by atoms with E-state index >= 15 is 0 Å². The van der Waals surface area contributed by atoms with E-state index in [1.54, 1.807) is 12.3 Å². The molecule has 2 saturated heterocycles. The van der Waals surface area contributed by atoms with Crippen LogP contribution in [-0.4, -0.2) is 74.0 Å². The van der Waals surface area contributed by atoms with Crippen LogP contribution in [0.15, 0.2) is 31.0 Å². The van der Waals surface area contributed by atoms with Gasteiger partial charge in [-0.05, 0) is 30.9 Å². The monoisotopic (exact) mass is 601 g/mol. The zero-order valence-corrected chi connectivity index (χ0v) is 24.6. The van der Waals surface area contributed by atoms with Crippen molar-refractivity contribution in [3.8, 4) is 22.8 Å². The fourth-order valence-electron chi connectivity index (χ4n) is 5.15. The van der Waals surface area contributed by atoms with Gasteiger partial charge in [-0.25, -0.2) is 15.0 Å². The van der Waals surface area contributed by atoms with Crippen molar-refractivity contribution in [1.82, 2.24) is 15.0 Å². The summed E-state index contributed by atoms with van der Waals surface area (Å²) in [7, 11) is 3.06. The van der Waals surface area contributed by atoms with Gasteiger partial charge in [-0.15, -0.1) is 0 Å². The predicted molar refractivity (Wildman–Crippen MR) is 159 cm³/mol. The molecule has 1 aromatic carbocycles. The molecule has 3 atom stereocenters. The van der Waals surface area contributed by atoms with Crippen LogP contribution in [0.2, 0.25) is 10.0 Å². The number of carbonyl (C=O) groups excluding carboxylic acids is 1. The number of halogens is 2. The Morgan fingerprint density at radius 3 is 2.51 bits per heavy atom. The molecule has 0 saturated carbocycles. The molecule has 4 heterocycles. The average molecular weight is 603 g/mol. The molecule has 41 heavy (non-hydrogen) atoms. The van der Waals surface area contributed by atoms with Crippen LogP contribution in [0, 0.1) is 11.8 Å². The minimum atomic E-state index is -0.119. The Kier molecular flexibility index (Phi) is 9.44. The molecule has 0 spiro atoms. The third-order valence-corrected chi connectivity index (χ3v) is 8.23. The van der Waals surface area contributed by atoms with Gasteiger partial charge >= 0.3 is 0 Å². The lowest BCUT2D eigenvalue weighted by Crippen LogP contribution is -2.40. The Balaban J connectivity index is 1.54. The number of anilines is 2. The summed E-state index contributed by atoms with van der Waals surface area (Å²) in [5.74, 6) is 2.25. The van der Waals surface area contributed by atoms with Crippen molar-refractivity contribution in [3.63, 3.8) is 0 Å². The van der Waals surface area contributed by atoms with Gasteiger partial charge in [-0.2, -0.15) is 0 Å². The number of methoxy groups -OCH3 is 2. The molecule has 2 aromatic heterocycles. The van der Waals surface area contributed by atoms with E-state index < -0.39 is 0 Å². The van der Waals surface area contributed by atoms with E-state index in [2.05, 4.69) is 22.2 Å². The van der Waals surface area contributed by atoms with Gasteiger partial charge in [0.15, 0.2) is 11.6 Å². The molecular formula is C29H33Cl2N5O5. The van der Waals surface area contributed by atoms with E-state index in [0.717, 1.165) is 24.8 Å². The lowest BCUT2D eigenvalue weighted by atomic mass is 9.90. The highest BCUT2D eigenvalue weighted by Gasteiger charge is 2.28. The van der Waals surface area contributed by atoms with Crippen molar-refractivity contribution < 1.29 is 23.7 Å². The van der Waals surface area contributed by atoms with Crippen LogP contribution >= 0.6 is 23.2 Å². The van der Waals surface area contributed by atoms with E-state index in [4.69, 9.17) is 52.1 Å². The molecule has 12 heteroatoms. The van der Waals surface area contributed by atoms with Crippen LogP contribution in [0.3, 0.4) is 0 Å². The van der Waals surface area contributed by atoms with Crippen molar-refractivity contribution >= 4 is 51.7 Å². The summed E-state index contributed by atoms with van der Waals surface area (Å²) in [5, 5.41) is 8.23. The minimum absolute atomic E-state index is 0.00809. The van der Waals surface area contributed by atoms with Gasteiger partial charge in [0, 0.05) is 55.3 Å². The van der Waals surface area contributed by atoms with Crippen molar-refractivity contribution in [3.05, 3.63) is 41.0 Å². The third kappa shape index (κ3) is 6.51. The number of hydrogen-bond acceptors (Lipinski definition) is 10. The molecule has 0 radical (unpaired) electrons. The number of hydrogen-bond donors (Lipinski definition) is 2. The summed E-state index contributed by atoms with van der Waals surface area (Å²) in [4.78, 5) is 26.4. The van der Waals surface area contributed by atoms with Crippen molar-refractivity contribution in [2.24, 2.45) is 11.8 Å². The maximum atomic E-state index is 12.1. The fraction of sp³-hybridized carbons (Fsp3) is 0.448. The molecule has 3 aromatic rings. The first-order valence-electron chi connectivity index (χ1n) is 13.5. The van der Waals surface area contributed by atoms with Crippen LogP contribution in [0.25, 0.3) is 22.2 Å². The summed E-state index contributed by atoms with van der Waals surface area (Å²) >= 11 is 13.5. The molecule has 2 fully saturated rings. The maximum Gasteiger partial charge on any atom is 0.223 e. The maximum absolute atomic E-state index is 12.1. The number of nitrogens with zero attached hydrogens (tertiary/aromatic N) is 3. The van der Waals surface area contributed by atoms with Gasteiger partial charge in [-0.1, -0.05) is 29.8 Å². The lowest BCUT2D eigenvalue weighted by molar-refractivity contribution is -0.116. The normalized spacial score (nSPS) is 20.5. The molecule has 218 valence electrons. The first-order valence-corrected chi connectivity index (χ1v) is 14.3. The largest absolute Gasteiger partial charge is 0.495 e. The molecule has 0 bridgehead atoms. The van der Waals surface area contributed by atoms with Gasteiger partial charge in [0.05, 0.1) is 49.2 Å². The number of nitrogens with one attached hydrogen (secondary N) is 2. The molecule has 2 aliphatic heterocycles. The van der Waals surface area contributed by atoms with Gasteiger partial charge in [0.1, 0.15) is 17.0 Å². The quantitative estimate of drug-likeness (QED) is 0.276. The van der Waals surface area contributed by atoms with Gasteiger partial charge in [-0.3, -0.25) is 4.79 Å². The number of allylic oxidation sites excluding steroid dienone is 1. The Morgan fingerprint density at radius 2 is 1.83 bits per heavy atom. The Morgan fingerprint density at radius 1 is 1.10 bits per heavy atom. The van der Waals surface area contributed by atoms with Crippen molar-refractivity contribution in [2.75, 3.05) is 57.8 Å². The summed E-state index contributed by atoms with van der Waals surface area (Å²) in [6.07, 6.45) is 5.21. The molecule has 0 amide bonds. The SMILES string of the molecule is C=CC(=O)C[C@H]1CCOC[C@H]1Nc1ncc2cc(-c3c(Cl)c(OC)cc(OC)c3Cl)nc(NCC3CCOC3)c2n1. The number of pyridine rings is 1. The van der Waals surface area contributed by atoms with Crippen LogP contribution in [0.5, 0.6) is 11.5 Å². The molecule has 5 rings (SSSR count). The first-order chi connectivity index (χ1) is 19.9. The first kappa shape index (κ1) is 29.3. The number of rotatable bonds is 11. The second-order valence-electron chi connectivity index (χ2n) is 10.1. The van der Waals surface area contributed by atoms with E-state index in [1.165, 1.54) is 20.3 Å². The van der Waals surface area contributed by atoms with Crippen LogP contribution < -0.4 is 20.1 Å². The number of benzene rings is 1. The summed E-state index contributed by atoms with van der Waals surface area (Å²) in [6, 6.07) is 3.36. The minimum Gasteiger partial charge on any atom is -0.495 e. The summed E-state index contributed by atoms with van der Waals surface area (Å²) in [6.45, 7) is 6.75. The van der Waals surface area contributed by atoms with Crippen molar-refractivity contribution in [2.45, 2.75) is 25.3 Å². The van der Waals surface area contributed by atoms with E-state index in [9.17, 15) is 4.79 Å².